The molecule has 0 bridgehead atoms. The standard InChI is InChI=1S/C13H18N2O3S/c1-9-7-10(3-4-12(9)14-2)13(16)15-11-5-6-19(17,18)8-11/h3-4,7,11,14H,5-6,8H2,1-2H3,(H,15,16). The second-order valence-electron chi connectivity index (χ2n) is 4.85. The van der Waals surface area contributed by atoms with E-state index in [-0.39, 0.29) is 23.5 Å². The van der Waals surface area contributed by atoms with Crippen LogP contribution in [-0.2, 0) is 9.84 Å². The number of rotatable bonds is 3. The predicted molar refractivity (Wildman–Crippen MR) is 75.3 cm³/mol. The number of carbonyl (C=O) groups excluding carboxylic acids is 1. The SMILES string of the molecule is CNc1ccc(C(=O)NC2CCS(=O)(=O)C2)cc1C. The van der Waals surface area contributed by atoms with Crippen molar-refractivity contribution >= 4 is 21.4 Å². The number of aryl methyl sites for hydroxylation is 1. The van der Waals surface area contributed by atoms with Gasteiger partial charge in [0.05, 0.1) is 11.5 Å². The van der Waals surface area contributed by atoms with Crippen molar-refractivity contribution < 1.29 is 13.2 Å². The summed E-state index contributed by atoms with van der Waals surface area (Å²) in [6.07, 6.45) is 0.502. The van der Waals surface area contributed by atoms with Crippen LogP contribution in [0, 0.1) is 6.92 Å². The number of sulfone groups is 1. The Morgan fingerprint density at radius 2 is 2.11 bits per heavy atom. The van der Waals surface area contributed by atoms with Gasteiger partial charge in [-0.05, 0) is 37.1 Å². The van der Waals surface area contributed by atoms with E-state index >= 15 is 0 Å². The first-order chi connectivity index (χ1) is 8.91. The lowest BCUT2D eigenvalue weighted by molar-refractivity contribution is 0.0941. The molecule has 1 saturated heterocycles. The molecule has 0 spiro atoms. The largest absolute Gasteiger partial charge is 0.388 e. The summed E-state index contributed by atoms with van der Waals surface area (Å²) in [5.74, 6) is -0.00465. The Morgan fingerprint density at radius 3 is 2.63 bits per heavy atom. The number of hydrogen-bond acceptors (Lipinski definition) is 4. The fourth-order valence-electron chi connectivity index (χ4n) is 2.26. The van der Waals surface area contributed by atoms with Crippen molar-refractivity contribution in [3.8, 4) is 0 Å². The van der Waals surface area contributed by atoms with Crippen LogP contribution in [0.3, 0.4) is 0 Å². The number of hydrogen-bond donors (Lipinski definition) is 2. The zero-order valence-electron chi connectivity index (χ0n) is 11.1. The van der Waals surface area contributed by atoms with Crippen LogP contribution in [0.5, 0.6) is 0 Å². The van der Waals surface area contributed by atoms with Crippen LogP contribution in [-0.4, -0.2) is 38.9 Å². The van der Waals surface area contributed by atoms with E-state index < -0.39 is 9.84 Å². The average Bonchev–Trinajstić information content (AvgIpc) is 2.68. The molecule has 1 fully saturated rings. The molecule has 1 atom stereocenters. The van der Waals surface area contributed by atoms with Gasteiger partial charge in [0, 0.05) is 24.3 Å². The molecule has 0 aromatic heterocycles. The van der Waals surface area contributed by atoms with E-state index in [1.807, 2.05) is 20.0 Å². The first-order valence-electron chi connectivity index (χ1n) is 6.21. The van der Waals surface area contributed by atoms with Gasteiger partial charge in [0.1, 0.15) is 0 Å². The van der Waals surface area contributed by atoms with Crippen LogP contribution in [0.25, 0.3) is 0 Å². The summed E-state index contributed by atoms with van der Waals surface area (Å²) in [6, 6.07) is 5.11. The van der Waals surface area contributed by atoms with Crippen molar-refractivity contribution in [2.24, 2.45) is 0 Å². The lowest BCUT2D eigenvalue weighted by Gasteiger charge is -2.12. The van der Waals surface area contributed by atoms with E-state index in [0.29, 0.717) is 12.0 Å². The quantitative estimate of drug-likeness (QED) is 0.865. The maximum Gasteiger partial charge on any atom is 0.251 e. The Labute approximate surface area is 113 Å². The number of benzene rings is 1. The van der Waals surface area contributed by atoms with Crippen molar-refractivity contribution in [3.63, 3.8) is 0 Å². The molecule has 1 aromatic rings. The average molecular weight is 282 g/mol. The van der Waals surface area contributed by atoms with Crippen molar-refractivity contribution in [1.29, 1.82) is 0 Å². The van der Waals surface area contributed by atoms with Crippen molar-refractivity contribution in [2.45, 2.75) is 19.4 Å². The molecule has 5 nitrogen and oxygen atoms in total. The third-order valence-electron chi connectivity index (χ3n) is 3.33. The van der Waals surface area contributed by atoms with E-state index in [9.17, 15) is 13.2 Å². The van der Waals surface area contributed by atoms with Gasteiger partial charge in [-0.2, -0.15) is 0 Å². The van der Waals surface area contributed by atoms with Gasteiger partial charge >= 0.3 is 0 Å². The molecule has 2 N–H and O–H groups in total. The molecule has 2 rings (SSSR count). The van der Waals surface area contributed by atoms with Crippen LogP contribution in [0.4, 0.5) is 5.69 Å². The van der Waals surface area contributed by atoms with Crippen LogP contribution >= 0.6 is 0 Å². The highest BCUT2D eigenvalue weighted by Crippen LogP contribution is 2.17. The van der Waals surface area contributed by atoms with E-state index in [4.69, 9.17) is 0 Å². The first-order valence-corrected chi connectivity index (χ1v) is 8.03. The summed E-state index contributed by atoms with van der Waals surface area (Å²) in [6.45, 7) is 1.92. The maximum atomic E-state index is 12.0. The number of anilines is 1. The third-order valence-corrected chi connectivity index (χ3v) is 5.09. The first kappa shape index (κ1) is 13.9. The van der Waals surface area contributed by atoms with Gasteiger partial charge in [0.25, 0.3) is 5.91 Å². The molecule has 1 aliphatic rings. The summed E-state index contributed by atoms with van der Waals surface area (Å²) >= 11 is 0. The van der Waals surface area contributed by atoms with Crippen molar-refractivity contribution in [1.82, 2.24) is 5.32 Å². The Balaban J connectivity index is 2.06. The Morgan fingerprint density at radius 1 is 1.37 bits per heavy atom. The molecule has 1 amide bonds. The molecular formula is C13H18N2O3S. The zero-order chi connectivity index (χ0) is 14.0. The lowest BCUT2D eigenvalue weighted by Crippen LogP contribution is -2.35. The van der Waals surface area contributed by atoms with Gasteiger partial charge < -0.3 is 10.6 Å². The topological polar surface area (TPSA) is 75.3 Å². The van der Waals surface area contributed by atoms with Crippen molar-refractivity contribution in [3.05, 3.63) is 29.3 Å². The lowest BCUT2D eigenvalue weighted by atomic mass is 10.1. The monoisotopic (exact) mass is 282 g/mol. The van der Waals surface area contributed by atoms with Crippen LogP contribution in [0.2, 0.25) is 0 Å². The van der Waals surface area contributed by atoms with Gasteiger partial charge in [-0.25, -0.2) is 8.42 Å². The summed E-state index contributed by atoms with van der Waals surface area (Å²) in [7, 11) is -1.14. The minimum atomic E-state index is -2.97. The summed E-state index contributed by atoms with van der Waals surface area (Å²) in [5, 5.41) is 5.81. The van der Waals surface area contributed by atoms with Gasteiger partial charge in [0.2, 0.25) is 0 Å². The highest BCUT2D eigenvalue weighted by molar-refractivity contribution is 7.91. The fourth-order valence-corrected chi connectivity index (χ4v) is 3.94. The van der Waals surface area contributed by atoms with Crippen LogP contribution < -0.4 is 10.6 Å². The second kappa shape index (κ2) is 5.21. The Hall–Kier alpha value is -1.56. The maximum absolute atomic E-state index is 12.0. The molecule has 1 aliphatic heterocycles. The highest BCUT2D eigenvalue weighted by Gasteiger charge is 2.29. The minimum Gasteiger partial charge on any atom is -0.388 e. The summed E-state index contributed by atoms with van der Waals surface area (Å²) in [4.78, 5) is 12.0. The smallest absolute Gasteiger partial charge is 0.251 e. The van der Waals surface area contributed by atoms with Gasteiger partial charge in [0.15, 0.2) is 9.84 Å². The summed E-state index contributed by atoms with van der Waals surface area (Å²) < 4.78 is 22.7. The highest BCUT2D eigenvalue weighted by atomic mass is 32.2. The normalized spacial score (nSPS) is 21.1. The van der Waals surface area contributed by atoms with E-state index in [0.717, 1.165) is 11.3 Å². The molecule has 1 unspecified atom stereocenters. The van der Waals surface area contributed by atoms with Gasteiger partial charge in [-0.1, -0.05) is 0 Å². The van der Waals surface area contributed by atoms with Gasteiger partial charge in [-0.15, -0.1) is 0 Å². The number of nitrogens with one attached hydrogen (secondary N) is 2. The molecule has 1 heterocycles. The fraction of sp³-hybridized carbons (Fsp3) is 0.462. The molecule has 6 heteroatoms. The Kier molecular flexibility index (Phi) is 3.80. The van der Waals surface area contributed by atoms with E-state index in [1.54, 1.807) is 12.1 Å². The molecule has 104 valence electrons. The van der Waals surface area contributed by atoms with E-state index in [1.165, 1.54) is 0 Å². The third kappa shape index (κ3) is 3.26. The molecule has 0 saturated carbocycles. The van der Waals surface area contributed by atoms with Gasteiger partial charge in [-0.3, -0.25) is 4.79 Å². The molecule has 0 radical (unpaired) electrons. The molecular weight excluding hydrogens is 264 g/mol. The molecule has 19 heavy (non-hydrogen) atoms. The van der Waals surface area contributed by atoms with Crippen LogP contribution in [0.15, 0.2) is 18.2 Å². The summed E-state index contributed by atoms with van der Waals surface area (Å²) in [5.41, 5.74) is 2.51. The van der Waals surface area contributed by atoms with Crippen molar-refractivity contribution in [2.75, 3.05) is 23.9 Å². The Bertz CT molecular complexity index is 596. The zero-order valence-corrected chi connectivity index (χ0v) is 11.9. The van der Waals surface area contributed by atoms with E-state index in [2.05, 4.69) is 10.6 Å². The minimum absolute atomic E-state index is 0.0479. The molecule has 1 aromatic carbocycles. The second-order valence-corrected chi connectivity index (χ2v) is 7.08. The van der Waals surface area contributed by atoms with Crippen LogP contribution in [0.1, 0.15) is 22.3 Å². The predicted octanol–water partition coefficient (Wildman–Crippen LogP) is 0.954. The number of amides is 1. The number of carbonyl (C=O) groups is 1. The molecule has 0 aliphatic carbocycles.